The van der Waals surface area contributed by atoms with Crippen molar-refractivity contribution < 1.29 is 23.2 Å². The number of halogens is 3. The number of pyridine rings is 1. The number of nitrogens with one attached hydrogen (secondary N) is 3. The monoisotopic (exact) mass is 544 g/mol. The largest absolute Gasteiger partial charge is 0.343 e. The van der Waals surface area contributed by atoms with Crippen LogP contribution in [0.4, 0.5) is 20.2 Å². The Morgan fingerprint density at radius 3 is 2.60 bits per heavy atom. The van der Waals surface area contributed by atoms with Crippen LogP contribution in [-0.4, -0.2) is 28.8 Å². The molecule has 0 saturated carbocycles. The predicted octanol–water partition coefficient (Wildman–Crippen LogP) is 3.11. The van der Waals surface area contributed by atoms with E-state index in [-0.39, 0.29) is 24.4 Å². The quantitative estimate of drug-likeness (QED) is 0.443. The van der Waals surface area contributed by atoms with E-state index in [1.165, 1.54) is 16.7 Å². The SMILES string of the molecule is Cc1c(Br)cc(C(=O)NCC(=O)Nc2ccc3c(c2)CC(=O)N3)c(=O)n1Cc1ccc(F)c(F)c1. The molecule has 1 aliphatic heterocycles. The fraction of sp³-hybridized carbons (Fsp3) is 0.167. The number of rotatable bonds is 6. The molecule has 3 amide bonds. The lowest BCUT2D eigenvalue weighted by Crippen LogP contribution is -2.38. The highest BCUT2D eigenvalue weighted by Gasteiger charge is 2.20. The second-order valence-electron chi connectivity index (χ2n) is 7.96. The van der Waals surface area contributed by atoms with Crippen LogP contribution in [0.25, 0.3) is 0 Å². The minimum Gasteiger partial charge on any atom is -0.343 e. The van der Waals surface area contributed by atoms with Crippen LogP contribution in [0.15, 0.2) is 51.7 Å². The second kappa shape index (κ2) is 9.79. The molecule has 0 atom stereocenters. The maximum atomic E-state index is 13.6. The summed E-state index contributed by atoms with van der Waals surface area (Å²) in [5.74, 6) is -3.47. The van der Waals surface area contributed by atoms with E-state index in [1.54, 1.807) is 25.1 Å². The zero-order chi connectivity index (χ0) is 25.3. The molecule has 0 spiro atoms. The van der Waals surface area contributed by atoms with E-state index in [0.717, 1.165) is 17.7 Å². The molecule has 180 valence electrons. The van der Waals surface area contributed by atoms with Crippen molar-refractivity contribution in [2.24, 2.45) is 0 Å². The maximum absolute atomic E-state index is 13.6. The van der Waals surface area contributed by atoms with Crippen LogP contribution < -0.4 is 21.5 Å². The summed E-state index contributed by atoms with van der Waals surface area (Å²) in [6.45, 7) is 1.15. The van der Waals surface area contributed by atoms with Gasteiger partial charge in [-0.25, -0.2) is 8.78 Å². The van der Waals surface area contributed by atoms with Gasteiger partial charge in [-0.15, -0.1) is 0 Å². The Kier molecular flexibility index (Phi) is 6.79. The van der Waals surface area contributed by atoms with Gasteiger partial charge in [0.15, 0.2) is 11.6 Å². The van der Waals surface area contributed by atoms with Crippen molar-refractivity contribution in [3.63, 3.8) is 0 Å². The molecule has 0 fully saturated rings. The lowest BCUT2D eigenvalue weighted by Gasteiger charge is -2.14. The third-order valence-corrected chi connectivity index (χ3v) is 6.29. The van der Waals surface area contributed by atoms with Crippen molar-refractivity contribution in [2.45, 2.75) is 19.9 Å². The van der Waals surface area contributed by atoms with Crippen LogP contribution in [0.2, 0.25) is 0 Å². The Labute approximate surface area is 206 Å². The van der Waals surface area contributed by atoms with Gasteiger partial charge >= 0.3 is 0 Å². The van der Waals surface area contributed by atoms with Crippen molar-refractivity contribution in [3.05, 3.63) is 91.3 Å². The standard InChI is InChI=1S/C24H19BrF2N4O4/c1-12-17(25)9-16(24(35)31(12)11-13-2-4-18(26)19(27)6-13)23(34)28-10-22(33)29-15-3-5-20-14(7-15)8-21(32)30-20/h2-7,9H,8,10-11H2,1H3,(H,28,34)(H,29,33)(H,30,32). The van der Waals surface area contributed by atoms with E-state index < -0.39 is 35.6 Å². The number of nitrogens with zero attached hydrogens (tertiary/aromatic N) is 1. The van der Waals surface area contributed by atoms with Gasteiger partial charge in [0.25, 0.3) is 11.5 Å². The van der Waals surface area contributed by atoms with Crippen LogP contribution in [0.3, 0.4) is 0 Å². The molecule has 0 saturated heterocycles. The molecule has 0 unspecified atom stereocenters. The Morgan fingerprint density at radius 2 is 1.86 bits per heavy atom. The average Bonchev–Trinajstić information content (AvgIpc) is 3.19. The summed E-state index contributed by atoms with van der Waals surface area (Å²) in [7, 11) is 0. The molecule has 0 bridgehead atoms. The molecule has 3 N–H and O–H groups in total. The molecule has 0 aliphatic carbocycles. The van der Waals surface area contributed by atoms with Crippen molar-refractivity contribution in [3.8, 4) is 0 Å². The zero-order valence-electron chi connectivity index (χ0n) is 18.4. The first-order valence-electron chi connectivity index (χ1n) is 10.5. The van der Waals surface area contributed by atoms with Gasteiger partial charge in [-0.2, -0.15) is 0 Å². The Morgan fingerprint density at radius 1 is 1.09 bits per heavy atom. The number of hydrogen-bond donors (Lipinski definition) is 3. The summed E-state index contributed by atoms with van der Waals surface area (Å²) in [5.41, 5.74) is 1.85. The summed E-state index contributed by atoms with van der Waals surface area (Å²) >= 11 is 3.31. The molecule has 0 radical (unpaired) electrons. The Bertz CT molecular complexity index is 1440. The van der Waals surface area contributed by atoms with Gasteiger partial charge < -0.3 is 20.5 Å². The van der Waals surface area contributed by atoms with Gasteiger partial charge in [-0.3, -0.25) is 19.2 Å². The van der Waals surface area contributed by atoms with Gasteiger partial charge in [-0.05, 0) is 70.4 Å². The molecular weight excluding hydrogens is 526 g/mol. The minimum absolute atomic E-state index is 0.0856. The smallest absolute Gasteiger partial charge is 0.263 e. The van der Waals surface area contributed by atoms with Gasteiger partial charge in [0.1, 0.15) is 5.56 Å². The van der Waals surface area contributed by atoms with Crippen LogP contribution in [0.5, 0.6) is 0 Å². The molecule has 11 heteroatoms. The number of hydrogen-bond acceptors (Lipinski definition) is 4. The van der Waals surface area contributed by atoms with Gasteiger partial charge in [0, 0.05) is 21.5 Å². The van der Waals surface area contributed by atoms with Crippen LogP contribution >= 0.6 is 15.9 Å². The van der Waals surface area contributed by atoms with E-state index in [9.17, 15) is 28.0 Å². The summed E-state index contributed by atoms with van der Waals surface area (Å²) in [6, 6.07) is 9.60. The zero-order valence-corrected chi connectivity index (χ0v) is 20.0. The molecule has 2 aromatic carbocycles. The van der Waals surface area contributed by atoms with E-state index >= 15 is 0 Å². The third kappa shape index (κ3) is 5.29. The number of anilines is 2. The normalized spacial score (nSPS) is 12.2. The highest BCUT2D eigenvalue weighted by Crippen LogP contribution is 2.26. The second-order valence-corrected chi connectivity index (χ2v) is 8.81. The fourth-order valence-corrected chi connectivity index (χ4v) is 4.10. The lowest BCUT2D eigenvalue weighted by molar-refractivity contribution is -0.116. The number of aromatic nitrogens is 1. The predicted molar refractivity (Wildman–Crippen MR) is 128 cm³/mol. The molecule has 4 rings (SSSR count). The molecule has 35 heavy (non-hydrogen) atoms. The van der Waals surface area contributed by atoms with Gasteiger partial charge in [0.05, 0.1) is 19.5 Å². The summed E-state index contributed by atoms with van der Waals surface area (Å²) in [4.78, 5) is 49.5. The van der Waals surface area contributed by atoms with Crippen LogP contribution in [0, 0.1) is 18.6 Å². The fourth-order valence-electron chi connectivity index (χ4n) is 3.66. The molecule has 3 aromatic rings. The molecule has 1 aliphatic rings. The first-order valence-corrected chi connectivity index (χ1v) is 11.3. The number of carbonyl (C=O) groups excluding carboxylic acids is 3. The Hall–Kier alpha value is -3.86. The van der Waals surface area contributed by atoms with Gasteiger partial charge in [-0.1, -0.05) is 6.07 Å². The molecule has 2 heterocycles. The summed E-state index contributed by atoms with van der Waals surface area (Å²) in [5, 5.41) is 7.74. The number of fused-ring (bicyclic) bond motifs is 1. The van der Waals surface area contributed by atoms with Crippen LogP contribution in [0.1, 0.15) is 27.2 Å². The van der Waals surface area contributed by atoms with E-state index in [0.29, 0.717) is 27.1 Å². The van der Waals surface area contributed by atoms with E-state index in [4.69, 9.17) is 0 Å². The van der Waals surface area contributed by atoms with Crippen molar-refractivity contribution >= 4 is 45.0 Å². The van der Waals surface area contributed by atoms with E-state index in [2.05, 4.69) is 31.9 Å². The molecular formula is C24H19BrF2N4O4. The van der Waals surface area contributed by atoms with Crippen molar-refractivity contribution in [2.75, 3.05) is 17.2 Å². The average molecular weight is 545 g/mol. The Balaban J connectivity index is 1.46. The highest BCUT2D eigenvalue weighted by atomic mass is 79.9. The topological polar surface area (TPSA) is 109 Å². The highest BCUT2D eigenvalue weighted by molar-refractivity contribution is 9.10. The van der Waals surface area contributed by atoms with Crippen molar-refractivity contribution in [1.29, 1.82) is 0 Å². The number of carbonyl (C=O) groups is 3. The minimum atomic E-state index is -1.04. The van der Waals surface area contributed by atoms with Crippen LogP contribution in [-0.2, 0) is 22.6 Å². The number of benzene rings is 2. The first-order chi connectivity index (χ1) is 16.6. The number of amides is 3. The van der Waals surface area contributed by atoms with E-state index in [1.807, 2.05) is 0 Å². The molecule has 8 nitrogen and oxygen atoms in total. The van der Waals surface area contributed by atoms with Crippen molar-refractivity contribution in [1.82, 2.24) is 9.88 Å². The first kappa shape index (κ1) is 24.3. The maximum Gasteiger partial charge on any atom is 0.263 e. The van der Waals surface area contributed by atoms with Gasteiger partial charge in [0.2, 0.25) is 11.8 Å². The molecule has 1 aromatic heterocycles. The third-order valence-electron chi connectivity index (χ3n) is 5.49. The summed E-state index contributed by atoms with van der Waals surface area (Å²) < 4.78 is 28.5. The lowest BCUT2D eigenvalue weighted by atomic mass is 10.1. The summed E-state index contributed by atoms with van der Waals surface area (Å²) in [6.07, 6.45) is 0.217.